The predicted molar refractivity (Wildman–Crippen MR) is 166 cm³/mol. The van der Waals surface area contributed by atoms with Gasteiger partial charge >= 0.3 is 0 Å². The number of halogens is 3. The summed E-state index contributed by atoms with van der Waals surface area (Å²) in [6.45, 7) is 5.34. The zero-order chi connectivity index (χ0) is 30.8. The monoisotopic (exact) mass is 606 g/mol. The number of benzene rings is 3. The molecule has 2 atom stereocenters. The van der Waals surface area contributed by atoms with E-state index >= 15 is 0 Å². The number of nitrogens with one attached hydrogen (secondary N) is 3. The smallest absolute Gasteiger partial charge is 0.258 e. The number of ether oxygens (including phenoxy) is 1. The minimum atomic E-state index is -1.02. The van der Waals surface area contributed by atoms with Gasteiger partial charge in [0.2, 0.25) is 0 Å². The Morgan fingerprint density at radius 2 is 1.91 bits per heavy atom. The van der Waals surface area contributed by atoms with E-state index in [0.717, 1.165) is 62.0 Å². The van der Waals surface area contributed by atoms with E-state index in [-0.39, 0.29) is 23.3 Å². The predicted octanol–water partition coefficient (Wildman–Crippen LogP) is 5.93. The van der Waals surface area contributed by atoms with Gasteiger partial charge in [-0.05, 0) is 80.9 Å². The van der Waals surface area contributed by atoms with E-state index < -0.39 is 24.2 Å². The van der Waals surface area contributed by atoms with Crippen molar-refractivity contribution in [2.75, 3.05) is 62.1 Å². The van der Waals surface area contributed by atoms with Crippen LogP contribution in [0.4, 0.5) is 30.4 Å². The van der Waals surface area contributed by atoms with Crippen molar-refractivity contribution in [3.05, 3.63) is 82.9 Å². The number of amides is 1. The lowest BCUT2D eigenvalue weighted by molar-refractivity contribution is 0.0904. The van der Waals surface area contributed by atoms with Crippen molar-refractivity contribution in [2.45, 2.75) is 37.8 Å². The summed E-state index contributed by atoms with van der Waals surface area (Å²) in [5.41, 5.74) is 3.24. The summed E-state index contributed by atoms with van der Waals surface area (Å²) in [6.07, 6.45) is 1.68. The molecule has 1 amide bonds. The first kappa shape index (κ1) is 30.0. The Kier molecular flexibility index (Phi) is 8.76. The van der Waals surface area contributed by atoms with E-state index in [1.807, 2.05) is 18.2 Å². The second-order valence-corrected chi connectivity index (χ2v) is 11.7. The molecule has 2 aliphatic rings. The second-order valence-electron chi connectivity index (χ2n) is 11.7. The topological polar surface area (TPSA) is 85.5 Å². The van der Waals surface area contributed by atoms with E-state index in [1.165, 1.54) is 0 Å². The molecule has 2 aliphatic heterocycles. The molecule has 0 bridgehead atoms. The van der Waals surface area contributed by atoms with Crippen molar-refractivity contribution in [3.63, 3.8) is 0 Å². The van der Waals surface area contributed by atoms with E-state index in [2.05, 4.69) is 44.6 Å². The summed E-state index contributed by atoms with van der Waals surface area (Å²) in [6, 6.07) is 14.4. The average molecular weight is 607 g/mol. The Morgan fingerprint density at radius 1 is 1.09 bits per heavy atom. The van der Waals surface area contributed by atoms with Crippen molar-refractivity contribution in [3.8, 4) is 0 Å². The van der Waals surface area contributed by atoms with Gasteiger partial charge in [0.25, 0.3) is 5.91 Å². The molecule has 2 unspecified atom stereocenters. The lowest BCUT2D eigenvalue weighted by atomic mass is 9.91. The first-order valence-electron chi connectivity index (χ1n) is 15.0. The largest absolute Gasteiger partial charge is 0.381 e. The maximum absolute atomic E-state index is 14.5. The van der Waals surface area contributed by atoms with Gasteiger partial charge in [-0.25, -0.2) is 8.78 Å². The molecule has 11 heteroatoms. The fourth-order valence-electron chi connectivity index (χ4n) is 6.04. The number of rotatable bonds is 8. The molecule has 232 valence electrons. The zero-order valence-corrected chi connectivity index (χ0v) is 24.9. The molecule has 4 aromatic rings. The van der Waals surface area contributed by atoms with Gasteiger partial charge in [-0.3, -0.25) is 14.3 Å². The summed E-state index contributed by atoms with van der Waals surface area (Å²) >= 11 is 0. The molecule has 2 fully saturated rings. The lowest BCUT2D eigenvalue weighted by Gasteiger charge is -2.39. The lowest BCUT2D eigenvalue weighted by Crippen LogP contribution is -2.50. The molecule has 3 N–H and O–H groups in total. The number of aromatic amines is 1. The van der Waals surface area contributed by atoms with E-state index in [0.29, 0.717) is 41.3 Å². The summed E-state index contributed by atoms with van der Waals surface area (Å²) in [5, 5.41) is 14.3. The highest BCUT2D eigenvalue weighted by atomic mass is 19.1. The number of hydrogen-bond acceptors (Lipinski definition) is 6. The fraction of sp³-hybridized carbons (Fsp3) is 0.394. The van der Waals surface area contributed by atoms with Crippen LogP contribution in [-0.2, 0) is 4.74 Å². The Labute approximate surface area is 254 Å². The molecule has 6 rings (SSSR count). The number of alkyl halides is 1. The minimum Gasteiger partial charge on any atom is -0.381 e. The number of piperazine rings is 1. The standard InChI is InChI=1S/C33H37F3N6O2/c1-20-19-42(12-11-41(20)2)24-5-6-25(31(17-24)37-23-9-13-44-14-10-23)33(43)38-32-27-15-21(3-8-30(27)39-40-32)28(18-34)26-16-22(35)4-7-29(26)36/h3-8,15-17,20,23,28,37H,9-14,18-19H2,1-2H3,(H2,38,39,40,43). The summed E-state index contributed by atoms with van der Waals surface area (Å²) in [5.74, 6) is -2.44. The second kappa shape index (κ2) is 12.9. The summed E-state index contributed by atoms with van der Waals surface area (Å²) in [4.78, 5) is 18.5. The van der Waals surface area contributed by atoms with Gasteiger partial charge in [0.05, 0.1) is 11.1 Å². The number of anilines is 3. The molecule has 0 saturated carbocycles. The van der Waals surface area contributed by atoms with Crippen LogP contribution in [0.1, 0.15) is 47.2 Å². The first-order valence-corrected chi connectivity index (χ1v) is 15.0. The maximum Gasteiger partial charge on any atom is 0.258 e. The van der Waals surface area contributed by atoms with Crippen LogP contribution in [0.15, 0.2) is 54.6 Å². The van der Waals surface area contributed by atoms with Crippen LogP contribution in [0.5, 0.6) is 0 Å². The number of hydrogen-bond donors (Lipinski definition) is 3. The third kappa shape index (κ3) is 6.25. The summed E-state index contributed by atoms with van der Waals surface area (Å²) < 4.78 is 48.2. The molecule has 44 heavy (non-hydrogen) atoms. The molecule has 3 aromatic carbocycles. The van der Waals surface area contributed by atoms with Gasteiger partial charge in [0.1, 0.15) is 18.3 Å². The number of H-pyrrole nitrogens is 1. The molecular weight excluding hydrogens is 569 g/mol. The number of likely N-dealkylation sites (N-methyl/N-ethyl adjacent to an activating group) is 1. The Hall–Kier alpha value is -4.09. The van der Waals surface area contributed by atoms with Gasteiger partial charge in [0, 0.05) is 73.2 Å². The molecule has 3 heterocycles. The van der Waals surface area contributed by atoms with Crippen LogP contribution < -0.4 is 15.5 Å². The molecule has 0 spiro atoms. The molecule has 2 saturated heterocycles. The van der Waals surface area contributed by atoms with E-state index in [9.17, 15) is 18.0 Å². The average Bonchev–Trinajstić information content (AvgIpc) is 3.42. The third-order valence-corrected chi connectivity index (χ3v) is 8.86. The van der Waals surface area contributed by atoms with Gasteiger partial charge in [0.15, 0.2) is 5.82 Å². The van der Waals surface area contributed by atoms with Crippen molar-refractivity contribution in [1.29, 1.82) is 0 Å². The van der Waals surface area contributed by atoms with Crippen molar-refractivity contribution < 1.29 is 22.7 Å². The van der Waals surface area contributed by atoms with Crippen LogP contribution >= 0.6 is 0 Å². The van der Waals surface area contributed by atoms with Crippen molar-refractivity contribution >= 4 is 34.0 Å². The van der Waals surface area contributed by atoms with Gasteiger partial charge in [-0.1, -0.05) is 6.07 Å². The quantitative estimate of drug-likeness (QED) is 0.231. The van der Waals surface area contributed by atoms with E-state index in [4.69, 9.17) is 4.74 Å². The number of carbonyl (C=O) groups is 1. The third-order valence-electron chi connectivity index (χ3n) is 8.86. The normalized spacial score (nSPS) is 18.8. The number of carbonyl (C=O) groups excluding carboxylic acids is 1. The Morgan fingerprint density at radius 3 is 2.68 bits per heavy atom. The van der Waals surface area contributed by atoms with Crippen LogP contribution in [0, 0.1) is 11.6 Å². The fourth-order valence-corrected chi connectivity index (χ4v) is 6.04. The zero-order valence-electron chi connectivity index (χ0n) is 24.9. The minimum absolute atomic E-state index is 0.0698. The van der Waals surface area contributed by atoms with Crippen LogP contribution in [0.2, 0.25) is 0 Å². The number of fused-ring (bicyclic) bond motifs is 1. The highest BCUT2D eigenvalue weighted by molar-refractivity contribution is 6.11. The SMILES string of the molecule is CC1CN(c2ccc(C(=O)Nc3n[nH]c4ccc(C(CF)c5cc(F)ccc5F)cc34)c(NC3CCOCC3)c2)CCN1C. The van der Waals surface area contributed by atoms with Crippen LogP contribution in [0.3, 0.4) is 0 Å². The molecule has 1 aromatic heterocycles. The Balaban J connectivity index is 1.29. The molecular formula is C33H37F3N6O2. The number of nitrogens with zero attached hydrogens (tertiary/aromatic N) is 3. The highest BCUT2D eigenvalue weighted by Gasteiger charge is 2.25. The first-order chi connectivity index (χ1) is 21.3. The van der Waals surface area contributed by atoms with Crippen LogP contribution in [0.25, 0.3) is 10.9 Å². The Bertz CT molecular complexity index is 1640. The maximum atomic E-state index is 14.5. The van der Waals surface area contributed by atoms with Gasteiger partial charge < -0.3 is 25.2 Å². The molecule has 8 nitrogen and oxygen atoms in total. The van der Waals surface area contributed by atoms with Crippen molar-refractivity contribution in [2.24, 2.45) is 0 Å². The summed E-state index contributed by atoms with van der Waals surface area (Å²) in [7, 11) is 2.13. The highest BCUT2D eigenvalue weighted by Crippen LogP contribution is 2.33. The molecule has 0 aliphatic carbocycles. The van der Waals surface area contributed by atoms with Gasteiger partial charge in [-0.15, -0.1) is 0 Å². The van der Waals surface area contributed by atoms with Gasteiger partial charge in [-0.2, -0.15) is 5.10 Å². The number of aromatic nitrogens is 2. The van der Waals surface area contributed by atoms with E-state index in [1.54, 1.807) is 18.2 Å². The van der Waals surface area contributed by atoms with Crippen molar-refractivity contribution in [1.82, 2.24) is 15.1 Å². The van der Waals surface area contributed by atoms with Crippen LogP contribution in [-0.4, -0.2) is 79.7 Å². The molecule has 0 radical (unpaired) electrons.